The van der Waals surface area contributed by atoms with Gasteiger partial charge < -0.3 is 9.84 Å². The summed E-state index contributed by atoms with van der Waals surface area (Å²) in [6, 6.07) is 30.0. The van der Waals surface area contributed by atoms with E-state index in [2.05, 4.69) is 26.0 Å². The van der Waals surface area contributed by atoms with Gasteiger partial charge in [-0.05, 0) is 41.9 Å². The van der Waals surface area contributed by atoms with Crippen LogP contribution >= 0.6 is 0 Å². The smallest absolute Gasteiger partial charge is 0.338 e. The van der Waals surface area contributed by atoms with Crippen LogP contribution in [0.3, 0.4) is 0 Å². The van der Waals surface area contributed by atoms with Crippen LogP contribution < -0.4 is 0 Å². The molecule has 0 spiro atoms. The van der Waals surface area contributed by atoms with E-state index in [1.54, 1.807) is 0 Å². The van der Waals surface area contributed by atoms with Crippen LogP contribution in [0.2, 0.25) is 0 Å². The Bertz CT molecular complexity index is 1160. The molecule has 2 unspecified atom stereocenters. The van der Waals surface area contributed by atoms with E-state index < -0.39 is 17.5 Å². The van der Waals surface area contributed by atoms with Crippen LogP contribution in [0.25, 0.3) is 6.08 Å². The monoisotopic (exact) mass is 466 g/mol. The molecule has 0 aliphatic carbocycles. The molecule has 4 rings (SSSR count). The van der Waals surface area contributed by atoms with Crippen LogP contribution in [0.4, 0.5) is 0 Å². The fourth-order valence-electron chi connectivity index (χ4n) is 5.03. The van der Waals surface area contributed by atoms with Crippen LogP contribution in [0, 0.1) is 5.92 Å². The van der Waals surface area contributed by atoms with Crippen LogP contribution in [0.5, 0.6) is 0 Å². The van der Waals surface area contributed by atoms with Crippen LogP contribution in [0.15, 0.2) is 108 Å². The summed E-state index contributed by atoms with van der Waals surface area (Å²) in [6.45, 7) is 4.26. The molecular weight excluding hydrogens is 432 g/mol. The molecule has 180 valence electrons. The third-order valence-corrected chi connectivity index (χ3v) is 6.57. The van der Waals surface area contributed by atoms with Gasteiger partial charge in [-0.3, -0.25) is 0 Å². The Morgan fingerprint density at radius 2 is 1.51 bits per heavy atom. The zero-order valence-electron chi connectivity index (χ0n) is 20.6. The van der Waals surface area contributed by atoms with E-state index in [1.165, 1.54) is 5.56 Å². The molecule has 0 bridgehead atoms. The number of aliphatic hydroxyl groups is 1. The van der Waals surface area contributed by atoms with Crippen molar-refractivity contribution < 1.29 is 14.6 Å². The Morgan fingerprint density at radius 3 is 2.11 bits per heavy atom. The van der Waals surface area contributed by atoms with Crippen molar-refractivity contribution in [2.75, 3.05) is 0 Å². The molecule has 3 aromatic rings. The third kappa shape index (κ3) is 6.30. The Morgan fingerprint density at radius 1 is 0.914 bits per heavy atom. The molecule has 3 heteroatoms. The highest BCUT2D eigenvalue weighted by Gasteiger charge is 2.43. The number of ether oxygens (including phenoxy) is 1. The van der Waals surface area contributed by atoms with Crippen LogP contribution in [0.1, 0.15) is 55.7 Å². The second kappa shape index (κ2) is 11.2. The number of aliphatic hydroxyl groups excluding tert-OH is 1. The maximum absolute atomic E-state index is 13.6. The van der Waals surface area contributed by atoms with Gasteiger partial charge in [-0.25, -0.2) is 4.79 Å². The van der Waals surface area contributed by atoms with Crippen LogP contribution in [-0.4, -0.2) is 16.7 Å². The lowest BCUT2D eigenvalue weighted by molar-refractivity contribution is -0.162. The van der Waals surface area contributed by atoms with Crippen molar-refractivity contribution in [1.82, 2.24) is 0 Å². The number of allylic oxidation sites excluding steroid dienone is 1. The number of rotatable bonds is 9. The van der Waals surface area contributed by atoms with E-state index in [4.69, 9.17) is 4.74 Å². The van der Waals surface area contributed by atoms with E-state index in [0.717, 1.165) is 17.5 Å². The largest absolute Gasteiger partial charge is 0.512 e. The molecule has 1 N–H and O–H groups in total. The van der Waals surface area contributed by atoms with Gasteiger partial charge in [0, 0.05) is 12.3 Å². The van der Waals surface area contributed by atoms with Crippen molar-refractivity contribution >= 4 is 12.0 Å². The molecule has 35 heavy (non-hydrogen) atoms. The first-order valence-electron chi connectivity index (χ1n) is 12.4. The molecule has 1 aliphatic rings. The van der Waals surface area contributed by atoms with Gasteiger partial charge in [0.2, 0.25) is 0 Å². The van der Waals surface area contributed by atoms with Crippen molar-refractivity contribution in [3.8, 4) is 0 Å². The molecule has 0 saturated carbocycles. The van der Waals surface area contributed by atoms with E-state index in [-0.39, 0.29) is 5.76 Å². The number of cyclic esters (lactones) is 1. The molecule has 1 heterocycles. The van der Waals surface area contributed by atoms with Gasteiger partial charge in [-0.1, -0.05) is 117 Å². The Kier molecular flexibility index (Phi) is 7.87. The Balaban J connectivity index is 1.67. The molecule has 3 nitrogen and oxygen atoms in total. The van der Waals surface area contributed by atoms with E-state index in [9.17, 15) is 9.90 Å². The van der Waals surface area contributed by atoms with Crippen molar-refractivity contribution in [1.29, 1.82) is 0 Å². The summed E-state index contributed by atoms with van der Waals surface area (Å²) in [5, 5.41) is 11.4. The van der Waals surface area contributed by atoms with E-state index in [0.29, 0.717) is 30.8 Å². The van der Waals surface area contributed by atoms with Gasteiger partial charge in [-0.2, -0.15) is 0 Å². The normalized spacial score (nSPS) is 19.2. The average Bonchev–Trinajstić information content (AvgIpc) is 2.86. The Hall–Kier alpha value is -3.59. The first-order valence-corrected chi connectivity index (χ1v) is 12.4. The fourth-order valence-corrected chi connectivity index (χ4v) is 5.03. The maximum atomic E-state index is 13.6. The van der Waals surface area contributed by atoms with Gasteiger partial charge in [0.05, 0.1) is 5.57 Å². The fraction of sp³-hybridized carbons (Fsp3) is 0.281. The van der Waals surface area contributed by atoms with Crippen molar-refractivity contribution in [2.24, 2.45) is 5.92 Å². The number of benzene rings is 3. The van der Waals surface area contributed by atoms with Crippen molar-refractivity contribution in [3.05, 3.63) is 125 Å². The van der Waals surface area contributed by atoms with Gasteiger partial charge >= 0.3 is 5.97 Å². The lowest BCUT2D eigenvalue weighted by atomic mass is 9.78. The highest BCUT2D eigenvalue weighted by molar-refractivity contribution is 5.93. The number of hydrogen-bond donors (Lipinski definition) is 1. The molecule has 3 aromatic carbocycles. The van der Waals surface area contributed by atoms with Crippen molar-refractivity contribution in [3.63, 3.8) is 0 Å². The number of esters is 1. The maximum Gasteiger partial charge on any atom is 0.338 e. The Labute approximate surface area is 208 Å². The average molecular weight is 467 g/mol. The van der Waals surface area contributed by atoms with Gasteiger partial charge in [-0.15, -0.1) is 0 Å². The summed E-state index contributed by atoms with van der Waals surface area (Å²) >= 11 is 0. The first kappa shape index (κ1) is 24.5. The summed E-state index contributed by atoms with van der Waals surface area (Å²) in [4.78, 5) is 13.6. The lowest BCUT2D eigenvalue weighted by Crippen LogP contribution is -2.42. The molecule has 0 aromatic heterocycles. The number of aryl methyl sites for hydroxylation is 1. The highest BCUT2D eigenvalue weighted by Crippen LogP contribution is 2.42. The molecule has 0 saturated heterocycles. The molecule has 1 aliphatic heterocycles. The number of hydrogen-bond acceptors (Lipinski definition) is 3. The van der Waals surface area contributed by atoms with Gasteiger partial charge in [0.1, 0.15) is 11.4 Å². The summed E-state index contributed by atoms with van der Waals surface area (Å²) < 4.78 is 6.25. The summed E-state index contributed by atoms with van der Waals surface area (Å²) in [5.74, 6) is -0.346. The predicted octanol–water partition coefficient (Wildman–Crippen LogP) is 7.66. The van der Waals surface area contributed by atoms with E-state index in [1.807, 2.05) is 91.0 Å². The van der Waals surface area contributed by atoms with E-state index >= 15 is 0 Å². The highest BCUT2D eigenvalue weighted by atomic mass is 16.6. The minimum atomic E-state index is -0.709. The first-order chi connectivity index (χ1) is 17.0. The van der Waals surface area contributed by atoms with Crippen molar-refractivity contribution in [2.45, 2.75) is 51.0 Å². The second-order valence-corrected chi connectivity index (χ2v) is 9.85. The van der Waals surface area contributed by atoms with Gasteiger partial charge in [0.15, 0.2) is 0 Å². The molecule has 0 radical (unpaired) electrons. The minimum absolute atomic E-state index is 0.140. The summed E-state index contributed by atoms with van der Waals surface area (Å²) in [6.07, 6.45) is 6.49. The zero-order chi connectivity index (χ0) is 24.7. The summed E-state index contributed by atoms with van der Waals surface area (Å²) in [7, 11) is 0. The molecule has 0 amide bonds. The molecule has 0 fully saturated rings. The summed E-state index contributed by atoms with van der Waals surface area (Å²) in [5.41, 5.74) is 2.81. The predicted molar refractivity (Wildman–Crippen MR) is 142 cm³/mol. The molecule has 2 atom stereocenters. The quantitative estimate of drug-likeness (QED) is 0.329. The third-order valence-electron chi connectivity index (χ3n) is 6.57. The number of carbonyl (C=O) groups excluding carboxylic acids is 1. The number of carbonyl (C=O) groups is 1. The van der Waals surface area contributed by atoms with Gasteiger partial charge in [0.25, 0.3) is 0 Å². The van der Waals surface area contributed by atoms with Crippen LogP contribution in [-0.2, 0) is 16.0 Å². The topological polar surface area (TPSA) is 46.5 Å². The lowest BCUT2D eigenvalue weighted by Gasteiger charge is -2.39. The second-order valence-electron chi connectivity index (χ2n) is 9.85. The minimum Gasteiger partial charge on any atom is -0.512 e. The standard InChI is InChI=1S/C32H34O3/c1-24(2)22-32(21-20-26-14-8-4-9-15-26)23-29(33)30(31(34)35-32)28(27-16-10-5-11-17-27)19-18-25-12-6-3-7-13-25/h3-19,24,28,33H,20-23H2,1-2H3. The SMILES string of the molecule is CC(C)CC1(CCc2ccccc2)CC(O)=C(C(C=Cc2ccccc2)c2ccccc2)C(=O)O1. The zero-order valence-corrected chi connectivity index (χ0v) is 20.6. The molecular formula is C32H34O3.